The van der Waals surface area contributed by atoms with Gasteiger partial charge in [0.25, 0.3) is 0 Å². The minimum absolute atomic E-state index is 0.147. The predicted octanol–water partition coefficient (Wildman–Crippen LogP) is 4.05. The molecule has 1 aliphatic rings. The first-order valence-corrected chi connectivity index (χ1v) is 8.49. The molecule has 5 nitrogen and oxygen atoms in total. The zero-order valence-electron chi connectivity index (χ0n) is 13.4. The van der Waals surface area contributed by atoms with E-state index >= 15 is 0 Å². The SMILES string of the molecule is CC(C)(C)OC(=O)N1CCCCC1CNc1ccc(Br)cn1. The van der Waals surface area contributed by atoms with E-state index in [4.69, 9.17) is 4.74 Å². The van der Waals surface area contributed by atoms with Gasteiger partial charge >= 0.3 is 6.09 Å². The van der Waals surface area contributed by atoms with Crippen molar-refractivity contribution in [3.05, 3.63) is 22.8 Å². The molecule has 2 heterocycles. The van der Waals surface area contributed by atoms with Crippen LogP contribution in [0.1, 0.15) is 40.0 Å². The van der Waals surface area contributed by atoms with Crippen LogP contribution in [0.25, 0.3) is 0 Å². The number of carbonyl (C=O) groups excluding carboxylic acids is 1. The normalized spacial score (nSPS) is 18.9. The largest absolute Gasteiger partial charge is 0.444 e. The first-order chi connectivity index (χ1) is 10.3. The molecule has 6 heteroatoms. The number of amides is 1. The number of aromatic nitrogens is 1. The Morgan fingerprint density at radius 3 is 2.86 bits per heavy atom. The number of carbonyl (C=O) groups is 1. The summed E-state index contributed by atoms with van der Waals surface area (Å²) < 4.78 is 6.46. The van der Waals surface area contributed by atoms with Crippen molar-refractivity contribution in [2.45, 2.75) is 51.7 Å². The van der Waals surface area contributed by atoms with E-state index in [0.717, 1.165) is 36.1 Å². The van der Waals surface area contributed by atoms with Crippen LogP contribution in [0.2, 0.25) is 0 Å². The summed E-state index contributed by atoms with van der Waals surface area (Å²) in [6.07, 6.45) is 4.70. The van der Waals surface area contributed by atoms with Gasteiger partial charge in [-0.2, -0.15) is 0 Å². The minimum atomic E-state index is -0.459. The van der Waals surface area contributed by atoms with Crippen molar-refractivity contribution in [3.8, 4) is 0 Å². The maximum Gasteiger partial charge on any atom is 0.410 e. The standard InChI is InChI=1S/C16H24BrN3O2/c1-16(2,3)22-15(21)20-9-5-4-6-13(20)11-19-14-8-7-12(17)10-18-14/h7-8,10,13H,4-6,9,11H2,1-3H3,(H,18,19). The fourth-order valence-electron chi connectivity index (χ4n) is 2.48. The van der Waals surface area contributed by atoms with Crippen molar-refractivity contribution in [1.29, 1.82) is 0 Å². The molecular weight excluding hydrogens is 346 g/mol. The molecule has 0 aromatic carbocycles. The number of pyridine rings is 1. The van der Waals surface area contributed by atoms with Gasteiger partial charge < -0.3 is 15.0 Å². The molecule has 1 unspecified atom stereocenters. The number of rotatable bonds is 3. The molecule has 1 aliphatic heterocycles. The quantitative estimate of drug-likeness (QED) is 0.872. The predicted molar refractivity (Wildman–Crippen MR) is 91.0 cm³/mol. The fraction of sp³-hybridized carbons (Fsp3) is 0.625. The molecular formula is C16H24BrN3O2. The summed E-state index contributed by atoms with van der Waals surface area (Å²) in [6.45, 7) is 7.14. The van der Waals surface area contributed by atoms with Crippen LogP contribution < -0.4 is 5.32 Å². The Labute approximate surface area is 140 Å². The van der Waals surface area contributed by atoms with Gasteiger partial charge in [0.05, 0.1) is 6.04 Å². The topological polar surface area (TPSA) is 54.5 Å². The molecule has 1 amide bonds. The van der Waals surface area contributed by atoms with E-state index in [9.17, 15) is 4.79 Å². The number of hydrogen-bond donors (Lipinski definition) is 1. The summed E-state index contributed by atoms with van der Waals surface area (Å²) in [5.74, 6) is 0.818. The van der Waals surface area contributed by atoms with Gasteiger partial charge in [-0.3, -0.25) is 0 Å². The van der Waals surface area contributed by atoms with Crippen molar-refractivity contribution in [2.24, 2.45) is 0 Å². The van der Waals surface area contributed by atoms with Gasteiger partial charge in [0.2, 0.25) is 0 Å². The molecule has 0 bridgehead atoms. The summed E-state index contributed by atoms with van der Waals surface area (Å²) in [5.41, 5.74) is -0.459. The lowest BCUT2D eigenvalue weighted by atomic mass is 10.0. The molecule has 1 aromatic rings. The van der Waals surface area contributed by atoms with Gasteiger partial charge in [-0.15, -0.1) is 0 Å². The smallest absolute Gasteiger partial charge is 0.410 e. The van der Waals surface area contributed by atoms with Crippen LogP contribution in [0, 0.1) is 0 Å². The van der Waals surface area contributed by atoms with Crippen LogP contribution in [0.4, 0.5) is 10.6 Å². The summed E-state index contributed by atoms with van der Waals surface area (Å²) in [7, 11) is 0. The monoisotopic (exact) mass is 369 g/mol. The average molecular weight is 370 g/mol. The molecule has 1 saturated heterocycles. The highest BCUT2D eigenvalue weighted by Gasteiger charge is 2.30. The minimum Gasteiger partial charge on any atom is -0.444 e. The second-order valence-corrected chi connectivity index (χ2v) is 7.48. The summed E-state index contributed by atoms with van der Waals surface area (Å²) >= 11 is 3.37. The van der Waals surface area contributed by atoms with Gasteiger partial charge in [0, 0.05) is 23.8 Å². The molecule has 2 rings (SSSR count). The number of nitrogens with zero attached hydrogens (tertiary/aromatic N) is 2. The third-order valence-corrected chi connectivity index (χ3v) is 3.97. The molecule has 1 N–H and O–H groups in total. The molecule has 0 saturated carbocycles. The lowest BCUT2D eigenvalue weighted by Gasteiger charge is -2.36. The van der Waals surface area contributed by atoms with Gasteiger partial charge in [0.1, 0.15) is 11.4 Å². The van der Waals surface area contributed by atoms with Crippen molar-refractivity contribution in [3.63, 3.8) is 0 Å². The van der Waals surface area contributed by atoms with E-state index in [2.05, 4.69) is 26.2 Å². The van der Waals surface area contributed by atoms with Crippen LogP contribution in [-0.4, -0.2) is 40.7 Å². The molecule has 0 radical (unpaired) electrons. The summed E-state index contributed by atoms with van der Waals surface area (Å²) in [5, 5.41) is 3.31. The van der Waals surface area contributed by atoms with Crippen molar-refractivity contribution in [2.75, 3.05) is 18.4 Å². The van der Waals surface area contributed by atoms with Crippen LogP contribution in [0.3, 0.4) is 0 Å². The number of anilines is 1. The second-order valence-electron chi connectivity index (χ2n) is 6.57. The molecule has 1 fully saturated rings. The van der Waals surface area contributed by atoms with Crippen molar-refractivity contribution >= 4 is 27.8 Å². The summed E-state index contributed by atoms with van der Waals surface area (Å²) in [6, 6.07) is 4.01. The number of hydrogen-bond acceptors (Lipinski definition) is 4. The number of piperidine rings is 1. The molecule has 1 atom stereocenters. The Hall–Kier alpha value is -1.30. The number of likely N-dealkylation sites (tertiary alicyclic amines) is 1. The second kappa shape index (κ2) is 7.31. The van der Waals surface area contributed by atoms with Crippen molar-refractivity contribution in [1.82, 2.24) is 9.88 Å². The van der Waals surface area contributed by atoms with E-state index in [1.807, 2.05) is 37.8 Å². The average Bonchev–Trinajstić information content (AvgIpc) is 2.45. The lowest BCUT2D eigenvalue weighted by Crippen LogP contribution is -2.48. The Morgan fingerprint density at radius 2 is 2.23 bits per heavy atom. The van der Waals surface area contributed by atoms with Crippen LogP contribution in [-0.2, 0) is 4.74 Å². The Morgan fingerprint density at radius 1 is 1.45 bits per heavy atom. The Balaban J connectivity index is 1.94. The molecule has 122 valence electrons. The molecule has 0 spiro atoms. The zero-order chi connectivity index (χ0) is 16.2. The highest BCUT2D eigenvalue weighted by atomic mass is 79.9. The number of ether oxygens (including phenoxy) is 1. The zero-order valence-corrected chi connectivity index (χ0v) is 15.0. The van der Waals surface area contributed by atoms with Gasteiger partial charge in [-0.1, -0.05) is 0 Å². The van der Waals surface area contributed by atoms with E-state index in [0.29, 0.717) is 6.54 Å². The molecule has 1 aromatic heterocycles. The third kappa shape index (κ3) is 5.16. The Kier molecular flexibility index (Phi) is 5.67. The van der Waals surface area contributed by atoms with E-state index < -0.39 is 5.60 Å². The van der Waals surface area contributed by atoms with Crippen LogP contribution in [0.5, 0.6) is 0 Å². The maximum atomic E-state index is 12.3. The summed E-state index contributed by atoms with van der Waals surface area (Å²) in [4.78, 5) is 18.5. The van der Waals surface area contributed by atoms with Crippen molar-refractivity contribution < 1.29 is 9.53 Å². The maximum absolute atomic E-state index is 12.3. The molecule has 22 heavy (non-hydrogen) atoms. The third-order valence-electron chi connectivity index (χ3n) is 3.50. The highest BCUT2D eigenvalue weighted by molar-refractivity contribution is 9.10. The first-order valence-electron chi connectivity index (χ1n) is 7.70. The number of nitrogens with one attached hydrogen (secondary N) is 1. The molecule has 0 aliphatic carbocycles. The first kappa shape index (κ1) is 17.1. The van der Waals surface area contributed by atoms with E-state index in [1.54, 1.807) is 6.20 Å². The van der Waals surface area contributed by atoms with Gasteiger partial charge in [-0.25, -0.2) is 9.78 Å². The van der Waals surface area contributed by atoms with E-state index in [-0.39, 0.29) is 12.1 Å². The van der Waals surface area contributed by atoms with Gasteiger partial charge in [-0.05, 0) is 68.1 Å². The Bertz CT molecular complexity index is 499. The van der Waals surface area contributed by atoms with E-state index in [1.165, 1.54) is 0 Å². The van der Waals surface area contributed by atoms with Crippen LogP contribution in [0.15, 0.2) is 22.8 Å². The fourth-order valence-corrected chi connectivity index (χ4v) is 2.71. The highest BCUT2D eigenvalue weighted by Crippen LogP contribution is 2.21. The van der Waals surface area contributed by atoms with Crippen LogP contribution >= 0.6 is 15.9 Å². The number of halogens is 1. The van der Waals surface area contributed by atoms with Gasteiger partial charge in [0.15, 0.2) is 0 Å². The lowest BCUT2D eigenvalue weighted by molar-refractivity contribution is 0.0114.